The average Bonchev–Trinajstić information content (AvgIpc) is 3.92. The molecule has 0 N–H and O–H groups in total. The lowest BCUT2D eigenvalue weighted by Gasteiger charge is -2.22. The third-order valence-corrected chi connectivity index (χ3v) is 12.3. The van der Waals surface area contributed by atoms with Gasteiger partial charge in [0.1, 0.15) is 16.9 Å². The average molecular weight is 730 g/mol. The van der Waals surface area contributed by atoms with Gasteiger partial charge in [-0.2, -0.15) is 0 Å². The monoisotopic (exact) mass is 729 g/mol. The van der Waals surface area contributed by atoms with Crippen molar-refractivity contribution >= 4 is 49.1 Å². The molecule has 57 heavy (non-hydrogen) atoms. The largest absolute Gasteiger partial charge is 0.456 e. The van der Waals surface area contributed by atoms with Crippen LogP contribution in [0.4, 0.5) is 0 Å². The molecule has 0 fully saturated rings. The zero-order chi connectivity index (χ0) is 37.8. The van der Waals surface area contributed by atoms with E-state index < -0.39 is 0 Å². The summed E-state index contributed by atoms with van der Waals surface area (Å²) in [4.78, 5) is 10.6. The molecular formula is C53H35N3O. The van der Waals surface area contributed by atoms with Crippen LogP contribution in [0.15, 0.2) is 181 Å². The van der Waals surface area contributed by atoms with Crippen LogP contribution in [0.3, 0.4) is 0 Å². The number of hydrogen-bond acceptors (Lipinski definition) is 3. The van der Waals surface area contributed by atoms with E-state index in [2.05, 4.69) is 176 Å². The number of hydrogen-bond donors (Lipinski definition) is 0. The molecule has 0 spiro atoms. The first-order valence-electron chi connectivity index (χ1n) is 19.6. The van der Waals surface area contributed by atoms with Gasteiger partial charge in [0.15, 0.2) is 5.65 Å². The van der Waals surface area contributed by atoms with Gasteiger partial charge in [-0.25, -0.2) is 9.97 Å². The van der Waals surface area contributed by atoms with E-state index in [4.69, 9.17) is 14.4 Å². The smallest absolute Gasteiger partial charge is 0.164 e. The molecule has 0 aliphatic heterocycles. The molecule has 0 bridgehead atoms. The van der Waals surface area contributed by atoms with Crippen molar-refractivity contribution in [1.29, 1.82) is 0 Å². The Morgan fingerprint density at radius 1 is 0.491 bits per heavy atom. The van der Waals surface area contributed by atoms with Gasteiger partial charge in [0.25, 0.3) is 0 Å². The Morgan fingerprint density at radius 3 is 2.02 bits per heavy atom. The van der Waals surface area contributed by atoms with Crippen molar-refractivity contribution in [3.63, 3.8) is 0 Å². The predicted octanol–water partition coefficient (Wildman–Crippen LogP) is 13.9. The summed E-state index contributed by atoms with van der Waals surface area (Å²) in [6.45, 7) is 4.65. The third kappa shape index (κ3) is 4.68. The van der Waals surface area contributed by atoms with Gasteiger partial charge in [-0.15, -0.1) is 0 Å². The minimum absolute atomic E-state index is 0.133. The van der Waals surface area contributed by atoms with Gasteiger partial charge >= 0.3 is 0 Å². The van der Waals surface area contributed by atoms with Gasteiger partial charge in [0.05, 0.1) is 17.6 Å². The van der Waals surface area contributed by atoms with Crippen molar-refractivity contribution in [2.75, 3.05) is 0 Å². The van der Waals surface area contributed by atoms with E-state index in [1.165, 1.54) is 54.9 Å². The Bertz CT molecular complexity index is 3450. The quantitative estimate of drug-likeness (QED) is 0.181. The standard InChI is InChI=1S/C53H35N3O/c1-53(2)45-22-7-5-15-40(45)41-26-24-33(28-46(41)53)47-31-56-48(30-54-52(56)51(55-47)34-25-27-44-43-16-6-8-23-49(43)57-50(44)29-34)42-21-11-19-38-37(18-10-20-39(38)42)36-17-9-13-32-12-3-4-14-35(32)36/h3-31H,1-2H3. The van der Waals surface area contributed by atoms with Gasteiger partial charge in [-0.3, -0.25) is 4.40 Å². The van der Waals surface area contributed by atoms with Crippen LogP contribution in [0, 0.1) is 0 Å². The van der Waals surface area contributed by atoms with Gasteiger partial charge in [-0.1, -0.05) is 153 Å². The third-order valence-electron chi connectivity index (χ3n) is 12.3. The van der Waals surface area contributed by atoms with Gasteiger partial charge < -0.3 is 4.42 Å². The first-order chi connectivity index (χ1) is 28.0. The Kier molecular flexibility index (Phi) is 6.65. The highest BCUT2D eigenvalue weighted by Gasteiger charge is 2.35. The maximum absolute atomic E-state index is 6.39. The van der Waals surface area contributed by atoms with Crippen LogP contribution >= 0.6 is 0 Å². The second kappa shape index (κ2) is 11.8. The molecule has 1 aliphatic rings. The van der Waals surface area contributed by atoms with Crippen LogP contribution in [0.5, 0.6) is 0 Å². The first kappa shape index (κ1) is 32.0. The second-order valence-electron chi connectivity index (χ2n) is 15.8. The summed E-state index contributed by atoms with van der Waals surface area (Å²) < 4.78 is 8.63. The van der Waals surface area contributed by atoms with Crippen LogP contribution in [-0.2, 0) is 5.41 Å². The molecule has 4 nitrogen and oxygen atoms in total. The number of fused-ring (bicyclic) bond motifs is 9. The van der Waals surface area contributed by atoms with E-state index in [0.717, 1.165) is 61.4 Å². The first-order valence-corrected chi connectivity index (χ1v) is 19.6. The van der Waals surface area contributed by atoms with Crippen molar-refractivity contribution in [3.05, 3.63) is 187 Å². The van der Waals surface area contributed by atoms with E-state index >= 15 is 0 Å². The number of furan rings is 1. The summed E-state index contributed by atoms with van der Waals surface area (Å²) >= 11 is 0. The maximum atomic E-state index is 6.39. The van der Waals surface area contributed by atoms with E-state index in [9.17, 15) is 0 Å². The maximum Gasteiger partial charge on any atom is 0.164 e. The molecule has 3 aromatic heterocycles. The molecule has 0 unspecified atom stereocenters. The highest BCUT2D eigenvalue weighted by atomic mass is 16.3. The van der Waals surface area contributed by atoms with Crippen LogP contribution in [0.1, 0.15) is 25.0 Å². The molecule has 0 radical (unpaired) electrons. The second-order valence-corrected chi connectivity index (χ2v) is 15.8. The number of aromatic nitrogens is 3. The van der Waals surface area contributed by atoms with E-state index in [0.29, 0.717) is 0 Å². The topological polar surface area (TPSA) is 43.3 Å². The molecule has 3 heterocycles. The highest BCUT2D eigenvalue weighted by molar-refractivity contribution is 6.09. The van der Waals surface area contributed by atoms with Crippen molar-refractivity contribution in [2.24, 2.45) is 0 Å². The summed E-state index contributed by atoms with van der Waals surface area (Å²) in [5.74, 6) is 0. The fourth-order valence-electron chi connectivity index (χ4n) is 9.49. The lowest BCUT2D eigenvalue weighted by molar-refractivity contribution is 0.660. The SMILES string of the molecule is CC1(C)c2ccccc2-c2ccc(-c3cn4c(-c5cccc6c(-c7cccc8ccccc78)cccc56)cnc4c(-c4ccc5c(c4)oc4ccccc45)n3)cc21. The van der Waals surface area contributed by atoms with Crippen molar-refractivity contribution < 1.29 is 4.42 Å². The lowest BCUT2D eigenvalue weighted by atomic mass is 9.82. The Hall–Kier alpha value is -7.30. The van der Waals surface area contributed by atoms with Crippen molar-refractivity contribution in [1.82, 2.24) is 14.4 Å². The molecule has 1 aliphatic carbocycles. The van der Waals surface area contributed by atoms with Crippen LogP contribution in [0.2, 0.25) is 0 Å². The van der Waals surface area contributed by atoms with Gasteiger partial charge in [-0.05, 0) is 79.2 Å². The molecule has 0 saturated heterocycles. The molecule has 12 rings (SSSR count). The molecule has 4 heteroatoms. The summed E-state index contributed by atoms with van der Waals surface area (Å²) in [5.41, 5.74) is 15.9. The minimum atomic E-state index is -0.133. The highest BCUT2D eigenvalue weighted by Crippen LogP contribution is 2.49. The fraction of sp³-hybridized carbons (Fsp3) is 0.0566. The number of rotatable bonds is 4. The molecule has 0 amide bonds. The molecule has 268 valence electrons. The summed E-state index contributed by atoms with van der Waals surface area (Å²) in [6, 6.07) is 58.8. The van der Waals surface area contributed by atoms with Crippen molar-refractivity contribution in [3.8, 4) is 56.0 Å². The number of benzene rings is 8. The number of nitrogens with zero attached hydrogens (tertiary/aromatic N) is 3. The van der Waals surface area contributed by atoms with Crippen LogP contribution < -0.4 is 0 Å². The molecule has 0 saturated carbocycles. The Morgan fingerprint density at radius 2 is 1.12 bits per heavy atom. The minimum Gasteiger partial charge on any atom is -0.456 e. The summed E-state index contributed by atoms with van der Waals surface area (Å²) in [6.07, 6.45) is 4.18. The van der Waals surface area contributed by atoms with Crippen LogP contribution in [-0.4, -0.2) is 14.4 Å². The van der Waals surface area contributed by atoms with E-state index in [1.807, 2.05) is 18.3 Å². The van der Waals surface area contributed by atoms with E-state index in [-0.39, 0.29) is 5.41 Å². The predicted molar refractivity (Wildman–Crippen MR) is 235 cm³/mol. The fourth-order valence-corrected chi connectivity index (χ4v) is 9.49. The lowest BCUT2D eigenvalue weighted by Crippen LogP contribution is -2.15. The number of para-hydroxylation sites is 1. The molecule has 11 aromatic rings. The zero-order valence-corrected chi connectivity index (χ0v) is 31.5. The van der Waals surface area contributed by atoms with Crippen LogP contribution in [0.25, 0.3) is 105 Å². The van der Waals surface area contributed by atoms with E-state index in [1.54, 1.807) is 0 Å². The Labute approximate surface area is 329 Å². The van der Waals surface area contributed by atoms with Gasteiger partial charge in [0, 0.05) is 39.1 Å². The molecular weight excluding hydrogens is 695 g/mol. The summed E-state index contributed by atoms with van der Waals surface area (Å²) in [7, 11) is 0. The molecule has 8 aromatic carbocycles. The number of imidazole rings is 1. The molecule has 0 atom stereocenters. The summed E-state index contributed by atoms with van der Waals surface area (Å²) in [5, 5.41) is 7.04. The van der Waals surface area contributed by atoms with Gasteiger partial charge in [0.2, 0.25) is 0 Å². The normalized spacial score (nSPS) is 13.2. The zero-order valence-electron chi connectivity index (χ0n) is 31.5. The van der Waals surface area contributed by atoms with Crippen molar-refractivity contribution in [2.45, 2.75) is 19.3 Å². The Balaban J connectivity index is 1.09.